The molecular weight excluding hydrogens is 228 g/mol. The van der Waals surface area contributed by atoms with Crippen LogP contribution in [-0.2, 0) is 6.42 Å². The van der Waals surface area contributed by atoms with E-state index in [1.807, 2.05) is 13.1 Å². The second-order valence-electron chi connectivity index (χ2n) is 4.73. The second kappa shape index (κ2) is 7.16. The molecule has 3 N–H and O–H groups in total. The number of nitrogens with zero attached hydrogens (tertiary/aromatic N) is 2. The van der Waals surface area contributed by atoms with Gasteiger partial charge in [-0.2, -0.15) is 0 Å². The summed E-state index contributed by atoms with van der Waals surface area (Å²) in [7, 11) is 1.84. The molecule has 5 nitrogen and oxygen atoms in total. The first-order chi connectivity index (χ1) is 8.60. The van der Waals surface area contributed by atoms with Crippen LogP contribution in [0.2, 0.25) is 0 Å². The lowest BCUT2D eigenvalue weighted by atomic mass is 10.1. The fraction of sp³-hybridized carbons (Fsp3) is 0.692. The Balaban J connectivity index is 2.89. The van der Waals surface area contributed by atoms with E-state index >= 15 is 0 Å². The molecule has 5 heteroatoms. The maximum Gasteiger partial charge on any atom is 0.133 e. The van der Waals surface area contributed by atoms with Crippen molar-refractivity contribution in [2.24, 2.45) is 5.92 Å². The number of hydrogen-bond acceptors (Lipinski definition) is 5. The Morgan fingerprint density at radius 3 is 2.44 bits per heavy atom. The van der Waals surface area contributed by atoms with E-state index in [1.165, 1.54) is 0 Å². The van der Waals surface area contributed by atoms with Gasteiger partial charge in [0.05, 0.1) is 12.6 Å². The van der Waals surface area contributed by atoms with Gasteiger partial charge >= 0.3 is 0 Å². The Hall–Kier alpha value is -1.36. The van der Waals surface area contributed by atoms with Crippen LogP contribution in [0.3, 0.4) is 0 Å². The Morgan fingerprint density at radius 1 is 1.28 bits per heavy atom. The molecule has 1 aromatic rings. The fourth-order valence-corrected chi connectivity index (χ4v) is 1.65. The first-order valence-electron chi connectivity index (χ1n) is 6.53. The lowest BCUT2D eigenvalue weighted by Crippen LogP contribution is -2.30. The first kappa shape index (κ1) is 14.7. The predicted molar refractivity (Wildman–Crippen MR) is 74.9 cm³/mol. The normalized spacial score (nSPS) is 12.6. The average Bonchev–Trinajstić information content (AvgIpc) is 2.35. The highest BCUT2D eigenvalue weighted by molar-refractivity contribution is 5.47. The van der Waals surface area contributed by atoms with Crippen LogP contribution >= 0.6 is 0 Å². The summed E-state index contributed by atoms with van der Waals surface area (Å²) in [5.74, 6) is 2.74. The molecule has 0 bridgehead atoms. The molecule has 1 aromatic heterocycles. The third kappa shape index (κ3) is 4.14. The van der Waals surface area contributed by atoms with E-state index < -0.39 is 0 Å². The lowest BCUT2D eigenvalue weighted by Gasteiger charge is -2.21. The van der Waals surface area contributed by atoms with Crippen LogP contribution in [-0.4, -0.2) is 34.8 Å². The maximum atomic E-state index is 9.34. The highest BCUT2D eigenvalue weighted by Crippen LogP contribution is 2.15. The van der Waals surface area contributed by atoms with Crippen molar-refractivity contribution in [2.45, 2.75) is 39.7 Å². The van der Waals surface area contributed by atoms with Crippen LogP contribution in [0.4, 0.5) is 11.6 Å². The van der Waals surface area contributed by atoms with Crippen LogP contribution in [0, 0.1) is 5.92 Å². The van der Waals surface area contributed by atoms with Gasteiger partial charge in [-0.25, -0.2) is 9.97 Å². The van der Waals surface area contributed by atoms with Crippen molar-refractivity contribution in [1.29, 1.82) is 0 Å². The van der Waals surface area contributed by atoms with Gasteiger partial charge in [-0.3, -0.25) is 0 Å². The number of aryl methyl sites for hydroxylation is 1. The molecule has 1 rings (SSSR count). The van der Waals surface area contributed by atoms with Gasteiger partial charge in [-0.15, -0.1) is 0 Å². The van der Waals surface area contributed by atoms with Crippen molar-refractivity contribution in [1.82, 2.24) is 9.97 Å². The SMILES string of the molecule is CCCc1nc(NC)cc(N[C@H](CO)C(C)C)n1. The number of aromatic nitrogens is 2. The molecular formula is C13H24N4O. The fourth-order valence-electron chi connectivity index (χ4n) is 1.65. The molecule has 0 aliphatic rings. The van der Waals surface area contributed by atoms with Gasteiger partial charge in [-0.1, -0.05) is 20.8 Å². The van der Waals surface area contributed by atoms with Crippen LogP contribution in [0.25, 0.3) is 0 Å². The van der Waals surface area contributed by atoms with E-state index in [2.05, 4.69) is 41.4 Å². The number of aliphatic hydroxyl groups excluding tert-OH is 1. The van der Waals surface area contributed by atoms with Gasteiger partial charge in [0.25, 0.3) is 0 Å². The largest absolute Gasteiger partial charge is 0.394 e. The molecule has 102 valence electrons. The molecule has 0 saturated heterocycles. The molecule has 0 unspecified atom stereocenters. The van der Waals surface area contributed by atoms with Crippen LogP contribution in [0.15, 0.2) is 6.07 Å². The standard InChI is InChI=1S/C13H24N4O/c1-5-6-11-16-12(14-4)7-13(17-11)15-10(8-18)9(2)3/h7,9-10,18H,5-6,8H2,1-4H3,(H2,14,15,16,17)/t10-/m1/s1. The Labute approximate surface area is 109 Å². The molecule has 1 heterocycles. The molecule has 0 aliphatic carbocycles. The minimum atomic E-state index is 0.0130. The van der Waals surface area contributed by atoms with Crippen LogP contribution in [0.1, 0.15) is 33.0 Å². The Morgan fingerprint density at radius 2 is 1.94 bits per heavy atom. The number of anilines is 2. The second-order valence-corrected chi connectivity index (χ2v) is 4.73. The molecule has 18 heavy (non-hydrogen) atoms. The minimum absolute atomic E-state index is 0.0130. The third-order valence-corrected chi connectivity index (χ3v) is 2.84. The van der Waals surface area contributed by atoms with Crippen molar-refractivity contribution in [3.63, 3.8) is 0 Å². The van der Waals surface area contributed by atoms with E-state index in [0.29, 0.717) is 5.92 Å². The van der Waals surface area contributed by atoms with Gasteiger partial charge in [0.1, 0.15) is 17.5 Å². The molecule has 0 radical (unpaired) electrons. The molecule has 0 fully saturated rings. The van der Waals surface area contributed by atoms with E-state index in [9.17, 15) is 5.11 Å². The maximum absolute atomic E-state index is 9.34. The van der Waals surface area contributed by atoms with Crippen molar-refractivity contribution in [2.75, 3.05) is 24.3 Å². The molecule has 1 atom stereocenters. The molecule has 0 saturated carbocycles. The number of aliphatic hydroxyl groups is 1. The van der Waals surface area contributed by atoms with Gasteiger partial charge in [-0.05, 0) is 12.3 Å². The third-order valence-electron chi connectivity index (χ3n) is 2.84. The summed E-state index contributed by atoms with van der Waals surface area (Å²) in [6.07, 6.45) is 1.87. The predicted octanol–water partition coefficient (Wildman–Crippen LogP) is 1.90. The van der Waals surface area contributed by atoms with Crippen molar-refractivity contribution < 1.29 is 5.11 Å². The zero-order valence-corrected chi connectivity index (χ0v) is 11.7. The monoisotopic (exact) mass is 252 g/mol. The molecule has 0 aromatic carbocycles. The molecule has 0 spiro atoms. The summed E-state index contributed by atoms with van der Waals surface area (Å²) in [5, 5.41) is 15.6. The topological polar surface area (TPSA) is 70.1 Å². The summed E-state index contributed by atoms with van der Waals surface area (Å²) in [4.78, 5) is 8.86. The quantitative estimate of drug-likeness (QED) is 0.691. The van der Waals surface area contributed by atoms with E-state index in [1.54, 1.807) is 0 Å². The zero-order valence-electron chi connectivity index (χ0n) is 11.7. The number of hydrogen-bond donors (Lipinski definition) is 3. The number of nitrogens with one attached hydrogen (secondary N) is 2. The lowest BCUT2D eigenvalue weighted by molar-refractivity contribution is 0.249. The van der Waals surface area contributed by atoms with Gasteiger partial charge in [0.2, 0.25) is 0 Å². The zero-order chi connectivity index (χ0) is 13.5. The summed E-state index contributed by atoms with van der Waals surface area (Å²) >= 11 is 0. The summed E-state index contributed by atoms with van der Waals surface area (Å²) in [6, 6.07) is 1.88. The van der Waals surface area contributed by atoms with E-state index in [0.717, 1.165) is 30.3 Å². The highest BCUT2D eigenvalue weighted by Gasteiger charge is 2.13. The minimum Gasteiger partial charge on any atom is -0.394 e. The van der Waals surface area contributed by atoms with E-state index in [-0.39, 0.29) is 12.6 Å². The summed E-state index contributed by atoms with van der Waals surface area (Å²) in [6.45, 7) is 6.34. The number of rotatable bonds is 7. The van der Waals surface area contributed by atoms with Gasteiger partial charge in [0.15, 0.2) is 0 Å². The van der Waals surface area contributed by atoms with Crippen molar-refractivity contribution in [3.8, 4) is 0 Å². The van der Waals surface area contributed by atoms with Crippen LogP contribution in [0.5, 0.6) is 0 Å². The Bertz CT molecular complexity index is 368. The smallest absolute Gasteiger partial charge is 0.133 e. The first-order valence-corrected chi connectivity index (χ1v) is 6.53. The molecule has 0 aliphatic heterocycles. The van der Waals surface area contributed by atoms with Crippen LogP contribution < -0.4 is 10.6 Å². The van der Waals surface area contributed by atoms with Gasteiger partial charge < -0.3 is 15.7 Å². The highest BCUT2D eigenvalue weighted by atomic mass is 16.3. The summed E-state index contributed by atoms with van der Waals surface area (Å²) in [5.41, 5.74) is 0. The average molecular weight is 252 g/mol. The summed E-state index contributed by atoms with van der Waals surface area (Å²) < 4.78 is 0. The van der Waals surface area contributed by atoms with Crippen molar-refractivity contribution >= 4 is 11.6 Å². The van der Waals surface area contributed by atoms with E-state index in [4.69, 9.17) is 0 Å². The Kier molecular flexibility index (Phi) is 5.85. The van der Waals surface area contributed by atoms with Crippen molar-refractivity contribution in [3.05, 3.63) is 11.9 Å². The molecule has 0 amide bonds. The van der Waals surface area contributed by atoms with Gasteiger partial charge in [0, 0.05) is 19.5 Å².